The van der Waals surface area contributed by atoms with Gasteiger partial charge in [-0.2, -0.15) is 4.31 Å². The summed E-state index contributed by atoms with van der Waals surface area (Å²) < 4.78 is 27.9. The molecule has 0 saturated carbocycles. The van der Waals surface area contributed by atoms with Crippen LogP contribution >= 0.6 is 0 Å². The number of nitrogens with zero attached hydrogens (tertiary/aromatic N) is 1. The van der Waals surface area contributed by atoms with Crippen molar-refractivity contribution >= 4 is 27.2 Å². The van der Waals surface area contributed by atoms with Crippen molar-refractivity contribution in [1.82, 2.24) is 9.29 Å². The number of sulfonamides is 1. The van der Waals surface area contributed by atoms with E-state index in [2.05, 4.69) is 4.98 Å². The summed E-state index contributed by atoms with van der Waals surface area (Å²) in [6.45, 7) is 3.11. The van der Waals surface area contributed by atoms with Crippen molar-refractivity contribution in [3.8, 4) is 11.3 Å². The van der Waals surface area contributed by atoms with Gasteiger partial charge >= 0.3 is 0 Å². The highest BCUT2D eigenvalue weighted by atomic mass is 32.2. The number of fused-ring (bicyclic) bond motifs is 1. The van der Waals surface area contributed by atoms with E-state index in [1.165, 1.54) is 0 Å². The standard InChI is InChI=1S/C22H24N2O3S/c1-16-8-4-5-9-18(16)22-20(15-25)19-14-17(10-11-21(19)23-22)28(26,27)24-12-6-2-3-7-13-24/h4-5,8-11,14-15,23H,2-3,6-7,12-13H2,1H3. The van der Waals surface area contributed by atoms with Gasteiger partial charge in [-0.25, -0.2) is 8.42 Å². The predicted octanol–water partition coefficient (Wildman–Crippen LogP) is 4.52. The zero-order chi connectivity index (χ0) is 19.7. The Hall–Kier alpha value is -2.44. The molecule has 1 fully saturated rings. The van der Waals surface area contributed by atoms with Gasteiger partial charge in [0.2, 0.25) is 10.0 Å². The van der Waals surface area contributed by atoms with E-state index in [1.54, 1.807) is 22.5 Å². The molecule has 1 aliphatic heterocycles. The smallest absolute Gasteiger partial charge is 0.243 e. The van der Waals surface area contributed by atoms with Crippen LogP contribution in [0.4, 0.5) is 0 Å². The van der Waals surface area contributed by atoms with Crippen molar-refractivity contribution in [2.24, 2.45) is 0 Å². The minimum absolute atomic E-state index is 0.250. The third-order valence-electron chi connectivity index (χ3n) is 5.55. The average molecular weight is 397 g/mol. The van der Waals surface area contributed by atoms with Crippen molar-refractivity contribution in [2.75, 3.05) is 13.1 Å². The maximum Gasteiger partial charge on any atom is 0.243 e. The molecule has 5 nitrogen and oxygen atoms in total. The van der Waals surface area contributed by atoms with Crippen LogP contribution in [0.15, 0.2) is 47.4 Å². The number of hydrogen-bond acceptors (Lipinski definition) is 3. The second-order valence-electron chi connectivity index (χ2n) is 7.37. The molecule has 0 spiro atoms. The predicted molar refractivity (Wildman–Crippen MR) is 111 cm³/mol. The largest absolute Gasteiger partial charge is 0.354 e. The van der Waals surface area contributed by atoms with Gasteiger partial charge in [0.15, 0.2) is 6.29 Å². The lowest BCUT2D eigenvalue weighted by molar-refractivity contribution is 0.112. The number of H-pyrrole nitrogens is 1. The molecule has 3 aromatic rings. The first kappa shape index (κ1) is 18.9. The molecule has 1 N–H and O–H groups in total. The molecular weight excluding hydrogens is 372 g/mol. The first-order valence-electron chi connectivity index (χ1n) is 9.69. The number of aldehydes is 1. The monoisotopic (exact) mass is 396 g/mol. The van der Waals surface area contributed by atoms with Gasteiger partial charge in [0.1, 0.15) is 0 Å². The number of nitrogens with one attached hydrogen (secondary N) is 1. The Morgan fingerprint density at radius 3 is 2.39 bits per heavy atom. The summed E-state index contributed by atoms with van der Waals surface area (Å²) in [5.74, 6) is 0. The molecule has 0 bridgehead atoms. The van der Waals surface area contributed by atoms with Gasteiger partial charge in [0.05, 0.1) is 10.6 Å². The lowest BCUT2D eigenvalue weighted by atomic mass is 10.0. The molecule has 0 amide bonds. The normalized spacial score (nSPS) is 16.2. The second-order valence-corrected chi connectivity index (χ2v) is 9.31. The molecule has 28 heavy (non-hydrogen) atoms. The van der Waals surface area contributed by atoms with Crippen LogP contribution in [0.5, 0.6) is 0 Å². The highest BCUT2D eigenvalue weighted by molar-refractivity contribution is 7.89. The molecule has 4 rings (SSSR count). The average Bonchev–Trinajstić information content (AvgIpc) is 2.85. The summed E-state index contributed by atoms with van der Waals surface area (Å²) in [7, 11) is -3.56. The summed E-state index contributed by atoms with van der Waals surface area (Å²) in [6.07, 6.45) is 4.73. The van der Waals surface area contributed by atoms with Gasteiger partial charge in [-0.15, -0.1) is 0 Å². The number of rotatable bonds is 4. The Morgan fingerprint density at radius 2 is 1.71 bits per heavy atom. The van der Waals surface area contributed by atoms with E-state index in [-0.39, 0.29) is 4.90 Å². The van der Waals surface area contributed by atoms with Crippen LogP contribution in [-0.2, 0) is 10.0 Å². The summed E-state index contributed by atoms with van der Waals surface area (Å²) >= 11 is 0. The quantitative estimate of drug-likeness (QED) is 0.659. The van der Waals surface area contributed by atoms with E-state index in [0.29, 0.717) is 24.0 Å². The Bertz CT molecular complexity index is 1120. The van der Waals surface area contributed by atoms with Crippen LogP contribution in [0, 0.1) is 6.92 Å². The summed E-state index contributed by atoms with van der Waals surface area (Å²) in [5.41, 5.74) is 3.98. The highest BCUT2D eigenvalue weighted by Gasteiger charge is 2.26. The number of aromatic amines is 1. The Morgan fingerprint density at radius 1 is 1.00 bits per heavy atom. The molecule has 146 valence electrons. The third-order valence-corrected chi connectivity index (χ3v) is 7.44. The number of carbonyl (C=O) groups excluding carboxylic acids is 1. The minimum Gasteiger partial charge on any atom is -0.354 e. The van der Waals surface area contributed by atoms with Gasteiger partial charge in [-0.1, -0.05) is 37.1 Å². The molecule has 2 heterocycles. The van der Waals surface area contributed by atoms with Crippen LogP contribution in [0.2, 0.25) is 0 Å². The van der Waals surface area contributed by atoms with Gasteiger partial charge in [0, 0.05) is 35.1 Å². The van der Waals surface area contributed by atoms with Gasteiger partial charge < -0.3 is 4.98 Å². The molecule has 0 unspecified atom stereocenters. The molecule has 1 saturated heterocycles. The molecule has 1 aliphatic rings. The fourth-order valence-electron chi connectivity index (χ4n) is 3.97. The van der Waals surface area contributed by atoms with Crippen molar-refractivity contribution in [1.29, 1.82) is 0 Å². The first-order chi connectivity index (χ1) is 13.5. The first-order valence-corrected chi connectivity index (χ1v) is 11.1. The summed E-state index contributed by atoms with van der Waals surface area (Å²) in [6, 6.07) is 12.9. The molecule has 2 aromatic carbocycles. The zero-order valence-electron chi connectivity index (χ0n) is 15.9. The summed E-state index contributed by atoms with van der Waals surface area (Å²) in [4.78, 5) is 15.5. The van der Waals surface area contributed by atoms with Crippen LogP contribution in [-0.4, -0.2) is 37.1 Å². The molecule has 0 atom stereocenters. The molecular formula is C22H24N2O3S. The van der Waals surface area contributed by atoms with Crippen LogP contribution in [0.3, 0.4) is 0 Å². The number of benzene rings is 2. The van der Waals surface area contributed by atoms with Crippen LogP contribution in [0.1, 0.15) is 41.6 Å². The highest BCUT2D eigenvalue weighted by Crippen LogP contribution is 2.33. The van der Waals surface area contributed by atoms with Gasteiger partial charge in [0.25, 0.3) is 0 Å². The number of aromatic nitrogens is 1. The molecule has 0 aliphatic carbocycles. The third kappa shape index (κ3) is 3.27. The maximum atomic E-state index is 13.1. The van der Waals surface area contributed by atoms with Crippen LogP contribution in [0.25, 0.3) is 22.2 Å². The maximum absolute atomic E-state index is 13.1. The Labute approximate surface area is 165 Å². The van der Waals surface area contributed by atoms with Crippen molar-refractivity contribution in [3.63, 3.8) is 0 Å². The van der Waals surface area contributed by atoms with Crippen molar-refractivity contribution < 1.29 is 13.2 Å². The number of carbonyl (C=O) groups is 1. The van der Waals surface area contributed by atoms with Gasteiger partial charge in [-0.3, -0.25) is 4.79 Å². The van der Waals surface area contributed by atoms with E-state index in [9.17, 15) is 13.2 Å². The lowest BCUT2D eigenvalue weighted by Gasteiger charge is -2.20. The zero-order valence-corrected chi connectivity index (χ0v) is 16.8. The van der Waals surface area contributed by atoms with Crippen molar-refractivity contribution in [2.45, 2.75) is 37.5 Å². The van der Waals surface area contributed by atoms with E-state index >= 15 is 0 Å². The Kier molecular flexibility index (Phi) is 5.08. The second kappa shape index (κ2) is 7.53. The SMILES string of the molecule is Cc1ccccc1-c1[nH]c2ccc(S(=O)(=O)N3CCCCCC3)cc2c1C=O. The van der Waals surface area contributed by atoms with Crippen LogP contribution < -0.4 is 0 Å². The van der Waals surface area contributed by atoms with Crippen molar-refractivity contribution in [3.05, 3.63) is 53.6 Å². The summed E-state index contributed by atoms with van der Waals surface area (Å²) in [5, 5.41) is 0.643. The number of hydrogen-bond donors (Lipinski definition) is 1. The molecule has 6 heteroatoms. The van der Waals surface area contributed by atoms with E-state index in [4.69, 9.17) is 0 Å². The number of aryl methyl sites for hydroxylation is 1. The topological polar surface area (TPSA) is 70.2 Å². The van der Waals surface area contributed by atoms with E-state index < -0.39 is 10.0 Å². The van der Waals surface area contributed by atoms with Gasteiger partial charge in [-0.05, 0) is 43.5 Å². The Balaban J connectivity index is 1.83. The minimum atomic E-state index is -3.56. The van der Waals surface area contributed by atoms with E-state index in [0.717, 1.165) is 54.3 Å². The molecule has 1 aromatic heterocycles. The fourth-order valence-corrected chi connectivity index (χ4v) is 5.52. The fraction of sp³-hybridized carbons (Fsp3) is 0.318. The lowest BCUT2D eigenvalue weighted by Crippen LogP contribution is -2.31. The van der Waals surface area contributed by atoms with E-state index in [1.807, 2.05) is 31.2 Å². The molecule has 0 radical (unpaired) electrons.